The average Bonchev–Trinajstić information content (AvgIpc) is 2.95. The molecule has 2 heterocycles. The maximum absolute atomic E-state index is 10.9. The first-order valence-corrected chi connectivity index (χ1v) is 9.00. The van der Waals surface area contributed by atoms with Gasteiger partial charge in [-0.1, -0.05) is 0 Å². The van der Waals surface area contributed by atoms with Gasteiger partial charge in [-0.15, -0.1) is 11.3 Å². The molecule has 0 aliphatic heterocycles. The molecular formula is C13H15N2O7PS. The van der Waals surface area contributed by atoms with Crippen LogP contribution in [0.5, 0.6) is 5.75 Å². The molecule has 11 heteroatoms. The lowest BCUT2D eigenvalue weighted by Crippen LogP contribution is -2.06. The summed E-state index contributed by atoms with van der Waals surface area (Å²) in [6, 6.07) is 1.45. The van der Waals surface area contributed by atoms with Crippen molar-refractivity contribution in [2.24, 2.45) is 0 Å². The number of phosphoric acid groups is 1. The Kier molecular flexibility index (Phi) is 5.58. The molecule has 0 aliphatic rings. The van der Waals surface area contributed by atoms with E-state index in [9.17, 15) is 14.5 Å². The lowest BCUT2D eigenvalue weighted by atomic mass is 10.1. The van der Waals surface area contributed by atoms with Gasteiger partial charge in [-0.2, -0.15) is 0 Å². The highest BCUT2D eigenvalue weighted by Crippen LogP contribution is 2.38. The van der Waals surface area contributed by atoms with Crippen LogP contribution in [0.1, 0.15) is 26.5 Å². The van der Waals surface area contributed by atoms with Gasteiger partial charge in [0, 0.05) is 34.9 Å². The Labute approximate surface area is 140 Å². The van der Waals surface area contributed by atoms with E-state index in [0.29, 0.717) is 22.5 Å². The monoisotopic (exact) mass is 374 g/mol. The molecule has 0 spiro atoms. The predicted octanol–water partition coefficient (Wildman–Crippen LogP) is 2.08. The molecule has 0 radical (unpaired) electrons. The lowest BCUT2D eigenvalue weighted by Gasteiger charge is -2.14. The smallest absolute Gasteiger partial charge is 0.469 e. The Morgan fingerprint density at radius 3 is 2.75 bits per heavy atom. The number of aromatic nitrogens is 1. The summed E-state index contributed by atoms with van der Waals surface area (Å²) in [5.74, 6) is -1.16. The average molecular weight is 374 g/mol. The topological polar surface area (TPSA) is 149 Å². The fraction of sp³-hybridized carbons (Fsp3) is 0.231. The molecule has 0 unspecified atom stereocenters. The van der Waals surface area contributed by atoms with Crippen LogP contribution in [0, 0.1) is 6.92 Å². The van der Waals surface area contributed by atoms with Crippen LogP contribution in [0.2, 0.25) is 0 Å². The number of hydrogen-bond donors (Lipinski definition) is 5. The Hall–Kier alpha value is -1.97. The molecule has 0 bridgehead atoms. The first kappa shape index (κ1) is 18.4. The maximum atomic E-state index is 10.9. The lowest BCUT2D eigenvalue weighted by molar-refractivity contribution is 0.0702. The van der Waals surface area contributed by atoms with Crippen molar-refractivity contribution in [3.8, 4) is 5.75 Å². The fourth-order valence-corrected chi connectivity index (χ4v) is 2.90. The molecule has 0 aliphatic carbocycles. The molecule has 0 fully saturated rings. The molecule has 2 rings (SSSR count). The van der Waals surface area contributed by atoms with Crippen molar-refractivity contribution >= 4 is 30.8 Å². The molecule has 9 nitrogen and oxygen atoms in total. The van der Waals surface area contributed by atoms with E-state index >= 15 is 0 Å². The molecule has 0 saturated heterocycles. The number of aryl methyl sites for hydroxylation is 1. The quantitative estimate of drug-likeness (QED) is 0.459. The molecule has 2 aromatic rings. The van der Waals surface area contributed by atoms with Crippen LogP contribution in [0.4, 0.5) is 5.69 Å². The molecule has 24 heavy (non-hydrogen) atoms. The van der Waals surface area contributed by atoms with Gasteiger partial charge in [-0.05, 0) is 13.0 Å². The third kappa shape index (κ3) is 4.76. The van der Waals surface area contributed by atoms with Crippen molar-refractivity contribution in [3.63, 3.8) is 0 Å². The zero-order valence-electron chi connectivity index (χ0n) is 12.5. The maximum Gasteiger partial charge on any atom is 0.469 e. The number of aromatic hydroxyl groups is 1. The van der Waals surface area contributed by atoms with E-state index in [1.54, 1.807) is 12.3 Å². The molecular weight excluding hydrogens is 359 g/mol. The van der Waals surface area contributed by atoms with Crippen LogP contribution < -0.4 is 5.32 Å². The first-order chi connectivity index (χ1) is 11.2. The van der Waals surface area contributed by atoms with E-state index in [1.165, 1.54) is 12.3 Å². The summed E-state index contributed by atoms with van der Waals surface area (Å²) >= 11 is 1.05. The first-order valence-electron chi connectivity index (χ1n) is 6.59. The van der Waals surface area contributed by atoms with Gasteiger partial charge < -0.3 is 25.3 Å². The zero-order chi connectivity index (χ0) is 17.9. The minimum atomic E-state index is -4.66. The Morgan fingerprint density at radius 2 is 2.17 bits per heavy atom. The van der Waals surface area contributed by atoms with Gasteiger partial charge in [0.1, 0.15) is 10.6 Å². The van der Waals surface area contributed by atoms with Crippen molar-refractivity contribution in [2.75, 3.05) is 5.32 Å². The van der Waals surface area contributed by atoms with Gasteiger partial charge in [-0.3, -0.25) is 9.51 Å². The highest BCUT2D eigenvalue weighted by Gasteiger charge is 2.18. The van der Waals surface area contributed by atoms with Crippen molar-refractivity contribution < 1.29 is 33.9 Å². The van der Waals surface area contributed by atoms with Crippen molar-refractivity contribution in [2.45, 2.75) is 20.1 Å². The van der Waals surface area contributed by atoms with E-state index in [2.05, 4.69) is 14.8 Å². The number of nitrogens with one attached hydrogen (secondary N) is 1. The number of phosphoric ester groups is 1. The number of carboxylic acid groups (broad SMARTS) is 1. The van der Waals surface area contributed by atoms with Gasteiger partial charge >= 0.3 is 13.8 Å². The van der Waals surface area contributed by atoms with Crippen molar-refractivity contribution in [1.29, 1.82) is 0 Å². The highest BCUT2D eigenvalue weighted by atomic mass is 32.1. The Morgan fingerprint density at radius 1 is 1.46 bits per heavy atom. The third-order valence-electron chi connectivity index (χ3n) is 3.10. The minimum Gasteiger partial charge on any atom is -0.506 e. The largest absolute Gasteiger partial charge is 0.506 e. The molecule has 0 amide bonds. The normalized spacial score (nSPS) is 11.5. The summed E-state index contributed by atoms with van der Waals surface area (Å²) < 4.78 is 15.3. The summed E-state index contributed by atoms with van der Waals surface area (Å²) in [7, 11) is -4.66. The molecule has 2 aromatic heterocycles. The second-order valence-corrected chi connectivity index (χ2v) is 6.97. The summed E-state index contributed by atoms with van der Waals surface area (Å²) in [6.45, 7) is 1.26. The SMILES string of the molecule is Cc1ncc(COP(=O)(O)O)c(CNc2csc(C(=O)O)c2)c1O. The number of thiophene rings is 1. The van der Waals surface area contributed by atoms with Gasteiger partial charge in [0.2, 0.25) is 0 Å². The summed E-state index contributed by atoms with van der Waals surface area (Å²) in [6.07, 6.45) is 1.36. The van der Waals surface area contributed by atoms with Gasteiger partial charge in [0.25, 0.3) is 0 Å². The molecule has 130 valence electrons. The number of aromatic carboxylic acids is 1. The van der Waals surface area contributed by atoms with Crippen LogP contribution in [0.3, 0.4) is 0 Å². The highest BCUT2D eigenvalue weighted by molar-refractivity contribution is 7.46. The number of nitrogens with zero attached hydrogens (tertiary/aromatic N) is 1. The van der Waals surface area contributed by atoms with Crippen molar-refractivity contribution in [3.05, 3.63) is 39.3 Å². The standard InChI is InChI=1S/C13H15N2O7PS/c1-7-12(16)10(8(3-14-7)5-22-23(19,20)21)4-15-9-2-11(13(17)18)24-6-9/h2-3,6,15-16H,4-5H2,1H3,(H,17,18)(H2,19,20,21). The third-order valence-corrected chi connectivity index (χ3v) is 4.48. The number of pyridine rings is 1. The number of rotatable bonds is 7. The van der Waals surface area contributed by atoms with Gasteiger partial charge in [-0.25, -0.2) is 9.36 Å². The second kappa shape index (κ2) is 7.29. The second-order valence-electron chi connectivity index (χ2n) is 4.82. The van der Waals surface area contributed by atoms with Crippen LogP contribution in [0.15, 0.2) is 17.6 Å². The summed E-state index contributed by atoms with van der Waals surface area (Å²) in [5.41, 5.74) is 1.57. The van der Waals surface area contributed by atoms with E-state index in [-0.39, 0.29) is 17.2 Å². The predicted molar refractivity (Wildman–Crippen MR) is 86.1 cm³/mol. The molecule has 0 saturated carbocycles. The van der Waals surface area contributed by atoms with Crippen LogP contribution in [-0.4, -0.2) is 31.0 Å². The number of anilines is 1. The van der Waals surface area contributed by atoms with E-state index in [1.807, 2.05) is 0 Å². The van der Waals surface area contributed by atoms with Crippen LogP contribution in [0.25, 0.3) is 0 Å². The van der Waals surface area contributed by atoms with E-state index < -0.39 is 20.4 Å². The van der Waals surface area contributed by atoms with Gasteiger partial charge in [0.15, 0.2) is 0 Å². The molecule has 0 atom stereocenters. The zero-order valence-corrected chi connectivity index (χ0v) is 14.2. The Balaban J connectivity index is 2.18. The van der Waals surface area contributed by atoms with E-state index in [0.717, 1.165) is 11.3 Å². The summed E-state index contributed by atoms with van der Waals surface area (Å²) in [5, 5.41) is 23.6. The number of carbonyl (C=O) groups is 1. The van der Waals surface area contributed by atoms with Gasteiger partial charge in [0.05, 0.1) is 12.3 Å². The Bertz CT molecular complexity index is 802. The fourth-order valence-electron chi connectivity index (χ4n) is 1.89. The number of carboxylic acids is 1. The van der Waals surface area contributed by atoms with Crippen LogP contribution in [-0.2, 0) is 22.2 Å². The van der Waals surface area contributed by atoms with E-state index in [4.69, 9.17) is 14.9 Å². The molecule has 0 aromatic carbocycles. The summed E-state index contributed by atoms with van der Waals surface area (Å²) in [4.78, 5) is 32.6. The van der Waals surface area contributed by atoms with Crippen LogP contribution >= 0.6 is 19.2 Å². The van der Waals surface area contributed by atoms with Crippen molar-refractivity contribution in [1.82, 2.24) is 4.98 Å². The molecule has 5 N–H and O–H groups in total. The minimum absolute atomic E-state index is 0.102. The number of hydrogen-bond acceptors (Lipinski definition) is 7.